The minimum Gasteiger partial charge on any atom is -0.343 e. The number of hydrogen-bond donors (Lipinski definition) is 1. The molecule has 0 aliphatic heterocycles. The first kappa shape index (κ1) is 15.4. The number of aryl methyl sites for hydroxylation is 1. The Balaban J connectivity index is 2.28. The third kappa shape index (κ3) is 3.16. The molecule has 1 amide bonds. The molecule has 7 heteroatoms. The zero-order valence-corrected chi connectivity index (χ0v) is 13.5. The number of nitrogens with zero attached hydrogens (tertiary/aromatic N) is 1. The standard InChI is InChI=1S/C13H10BrCl2FN2O/c1-2-19-6-7(14)3-11(19)13(20)18-8-4-9(15)12(17)10(16)5-8/h3-6H,2H2,1H3,(H,18,20). The van der Waals surface area contributed by atoms with Gasteiger partial charge in [0.1, 0.15) is 5.69 Å². The van der Waals surface area contributed by atoms with E-state index in [1.807, 2.05) is 6.92 Å². The predicted octanol–water partition coefficient (Wildman–Crippen LogP) is 4.97. The van der Waals surface area contributed by atoms with Gasteiger partial charge in [-0.2, -0.15) is 0 Å². The maximum absolute atomic E-state index is 13.3. The van der Waals surface area contributed by atoms with Crippen LogP contribution in [0.25, 0.3) is 0 Å². The summed E-state index contributed by atoms with van der Waals surface area (Å²) in [7, 11) is 0. The van der Waals surface area contributed by atoms with E-state index < -0.39 is 5.82 Å². The van der Waals surface area contributed by atoms with Crippen molar-refractivity contribution in [2.75, 3.05) is 5.32 Å². The normalized spacial score (nSPS) is 10.7. The van der Waals surface area contributed by atoms with Gasteiger partial charge in [-0.1, -0.05) is 23.2 Å². The molecule has 0 aliphatic carbocycles. The molecule has 0 fully saturated rings. The molecule has 106 valence electrons. The monoisotopic (exact) mass is 378 g/mol. The molecular formula is C13H10BrCl2FN2O. The summed E-state index contributed by atoms with van der Waals surface area (Å²) in [4.78, 5) is 12.2. The van der Waals surface area contributed by atoms with Crippen molar-refractivity contribution in [3.05, 3.63) is 50.4 Å². The van der Waals surface area contributed by atoms with E-state index in [1.54, 1.807) is 16.8 Å². The molecule has 2 aromatic rings. The fourth-order valence-corrected chi connectivity index (χ4v) is 2.70. The second kappa shape index (κ2) is 6.16. The molecule has 1 aromatic carbocycles. The van der Waals surface area contributed by atoms with Crippen molar-refractivity contribution in [2.45, 2.75) is 13.5 Å². The van der Waals surface area contributed by atoms with Crippen molar-refractivity contribution in [3.63, 3.8) is 0 Å². The maximum atomic E-state index is 13.3. The number of carbonyl (C=O) groups is 1. The van der Waals surface area contributed by atoms with E-state index in [0.29, 0.717) is 17.9 Å². The molecule has 2 rings (SSSR count). The lowest BCUT2D eigenvalue weighted by Gasteiger charge is -2.09. The largest absolute Gasteiger partial charge is 0.343 e. The van der Waals surface area contributed by atoms with Crippen molar-refractivity contribution in [1.29, 1.82) is 0 Å². The summed E-state index contributed by atoms with van der Waals surface area (Å²) < 4.78 is 15.9. The lowest BCUT2D eigenvalue weighted by molar-refractivity contribution is 0.101. The van der Waals surface area contributed by atoms with E-state index >= 15 is 0 Å². The number of rotatable bonds is 3. The van der Waals surface area contributed by atoms with Gasteiger partial charge in [-0.05, 0) is 41.1 Å². The Bertz CT molecular complexity index is 649. The van der Waals surface area contributed by atoms with Gasteiger partial charge in [-0.25, -0.2) is 4.39 Å². The quantitative estimate of drug-likeness (QED) is 0.750. The molecular weight excluding hydrogens is 370 g/mol. The van der Waals surface area contributed by atoms with Crippen LogP contribution in [0.1, 0.15) is 17.4 Å². The van der Waals surface area contributed by atoms with Gasteiger partial charge >= 0.3 is 0 Å². The fourth-order valence-electron chi connectivity index (χ4n) is 1.75. The van der Waals surface area contributed by atoms with Gasteiger partial charge < -0.3 is 9.88 Å². The summed E-state index contributed by atoms with van der Waals surface area (Å²) in [6, 6.07) is 4.33. The number of halogens is 4. The molecule has 20 heavy (non-hydrogen) atoms. The molecule has 0 unspecified atom stereocenters. The van der Waals surface area contributed by atoms with Crippen molar-refractivity contribution in [3.8, 4) is 0 Å². The Morgan fingerprint density at radius 2 is 1.95 bits per heavy atom. The zero-order chi connectivity index (χ0) is 14.9. The SMILES string of the molecule is CCn1cc(Br)cc1C(=O)Nc1cc(Cl)c(F)c(Cl)c1. The topological polar surface area (TPSA) is 34.0 Å². The van der Waals surface area contributed by atoms with Gasteiger partial charge in [0, 0.05) is 22.9 Å². The van der Waals surface area contributed by atoms with Crippen molar-refractivity contribution >= 4 is 50.7 Å². The highest BCUT2D eigenvalue weighted by atomic mass is 79.9. The average molecular weight is 380 g/mol. The number of amides is 1. The Hall–Kier alpha value is -1.04. The number of anilines is 1. The molecule has 3 nitrogen and oxygen atoms in total. The highest BCUT2D eigenvalue weighted by Gasteiger charge is 2.14. The Morgan fingerprint density at radius 3 is 2.50 bits per heavy atom. The number of carbonyl (C=O) groups excluding carboxylic acids is 1. The van der Waals surface area contributed by atoms with Crippen LogP contribution in [-0.2, 0) is 6.54 Å². The van der Waals surface area contributed by atoms with Crippen LogP contribution in [0, 0.1) is 5.82 Å². The van der Waals surface area contributed by atoms with Crippen molar-refractivity contribution in [2.24, 2.45) is 0 Å². The van der Waals surface area contributed by atoms with Crippen LogP contribution in [-0.4, -0.2) is 10.5 Å². The highest BCUT2D eigenvalue weighted by Crippen LogP contribution is 2.27. The van der Waals surface area contributed by atoms with E-state index in [-0.39, 0.29) is 16.0 Å². The van der Waals surface area contributed by atoms with Crippen molar-refractivity contribution < 1.29 is 9.18 Å². The van der Waals surface area contributed by atoms with Crippen LogP contribution in [0.4, 0.5) is 10.1 Å². The van der Waals surface area contributed by atoms with Gasteiger partial charge in [0.2, 0.25) is 0 Å². The predicted molar refractivity (Wildman–Crippen MR) is 82.2 cm³/mol. The molecule has 0 radical (unpaired) electrons. The fraction of sp³-hybridized carbons (Fsp3) is 0.154. The van der Waals surface area contributed by atoms with Gasteiger partial charge in [-0.15, -0.1) is 0 Å². The maximum Gasteiger partial charge on any atom is 0.272 e. The van der Waals surface area contributed by atoms with Crippen LogP contribution < -0.4 is 5.32 Å². The van der Waals surface area contributed by atoms with Gasteiger partial charge in [0.25, 0.3) is 5.91 Å². The lowest BCUT2D eigenvalue weighted by Crippen LogP contribution is -2.16. The minimum absolute atomic E-state index is 0.139. The Kier molecular flexibility index (Phi) is 4.73. The molecule has 1 aromatic heterocycles. The number of nitrogens with one attached hydrogen (secondary N) is 1. The van der Waals surface area contributed by atoms with Gasteiger partial charge in [0.05, 0.1) is 10.0 Å². The van der Waals surface area contributed by atoms with Crippen LogP contribution >= 0.6 is 39.1 Å². The summed E-state index contributed by atoms with van der Waals surface area (Å²) in [5.41, 5.74) is 0.822. The molecule has 0 spiro atoms. The first-order valence-corrected chi connectivity index (χ1v) is 7.28. The molecule has 0 saturated heterocycles. The first-order valence-electron chi connectivity index (χ1n) is 5.74. The highest BCUT2D eigenvalue weighted by molar-refractivity contribution is 9.10. The average Bonchev–Trinajstić information content (AvgIpc) is 2.77. The van der Waals surface area contributed by atoms with Crippen LogP contribution in [0.5, 0.6) is 0 Å². The summed E-state index contributed by atoms with van der Waals surface area (Å²) in [6.45, 7) is 2.58. The smallest absolute Gasteiger partial charge is 0.272 e. The Morgan fingerprint density at radius 1 is 1.35 bits per heavy atom. The number of benzene rings is 1. The van der Waals surface area contributed by atoms with E-state index in [9.17, 15) is 9.18 Å². The van der Waals surface area contributed by atoms with Crippen LogP contribution in [0.3, 0.4) is 0 Å². The third-order valence-corrected chi connectivity index (χ3v) is 3.66. The zero-order valence-electron chi connectivity index (χ0n) is 10.4. The van der Waals surface area contributed by atoms with E-state index in [0.717, 1.165) is 4.47 Å². The van der Waals surface area contributed by atoms with Crippen molar-refractivity contribution in [1.82, 2.24) is 4.57 Å². The molecule has 1 N–H and O–H groups in total. The van der Waals surface area contributed by atoms with E-state index in [1.165, 1.54) is 12.1 Å². The molecule has 0 atom stereocenters. The first-order chi connectivity index (χ1) is 9.42. The lowest BCUT2D eigenvalue weighted by atomic mass is 10.3. The molecule has 0 aliphatic rings. The second-order valence-corrected chi connectivity index (χ2v) is 5.77. The summed E-state index contributed by atoms with van der Waals surface area (Å²) >= 11 is 14.7. The summed E-state index contributed by atoms with van der Waals surface area (Å²) in [5, 5.41) is 2.36. The van der Waals surface area contributed by atoms with E-state index in [4.69, 9.17) is 23.2 Å². The third-order valence-electron chi connectivity index (χ3n) is 2.68. The number of hydrogen-bond acceptors (Lipinski definition) is 1. The van der Waals surface area contributed by atoms with E-state index in [2.05, 4.69) is 21.2 Å². The molecule has 1 heterocycles. The van der Waals surface area contributed by atoms with Gasteiger partial charge in [-0.3, -0.25) is 4.79 Å². The Labute approximate surface area is 133 Å². The molecule has 0 saturated carbocycles. The molecule has 0 bridgehead atoms. The van der Waals surface area contributed by atoms with Gasteiger partial charge in [0.15, 0.2) is 5.82 Å². The van der Waals surface area contributed by atoms with Crippen LogP contribution in [0.15, 0.2) is 28.9 Å². The number of aromatic nitrogens is 1. The van der Waals surface area contributed by atoms with Crippen LogP contribution in [0.2, 0.25) is 10.0 Å². The summed E-state index contributed by atoms with van der Waals surface area (Å²) in [6.07, 6.45) is 1.81. The second-order valence-electron chi connectivity index (χ2n) is 4.04. The summed E-state index contributed by atoms with van der Waals surface area (Å²) in [5.74, 6) is -1.03. The minimum atomic E-state index is -0.703.